The van der Waals surface area contributed by atoms with E-state index in [2.05, 4.69) is 25.6 Å². The maximum atomic E-state index is 13.2. The number of hydrogen-bond acceptors (Lipinski definition) is 7. The van der Waals surface area contributed by atoms with E-state index in [4.69, 9.17) is 9.72 Å². The largest absolute Gasteiger partial charge is 0.481 e. The van der Waals surface area contributed by atoms with Crippen molar-refractivity contribution in [3.05, 3.63) is 48.5 Å². The van der Waals surface area contributed by atoms with Crippen LogP contribution in [0.1, 0.15) is 19.0 Å². The lowest BCUT2D eigenvalue weighted by Gasteiger charge is -2.27. The Morgan fingerprint density at radius 3 is 2.87 bits per heavy atom. The quantitative estimate of drug-likeness (QED) is 0.687. The van der Waals surface area contributed by atoms with Gasteiger partial charge in [-0.3, -0.25) is 15.2 Å². The number of carbonyl (C=O) groups is 1. The molecule has 0 fully saturated rings. The van der Waals surface area contributed by atoms with E-state index in [0.717, 1.165) is 35.6 Å². The van der Waals surface area contributed by atoms with E-state index in [0.29, 0.717) is 17.5 Å². The topological polar surface area (TPSA) is 105 Å². The molecule has 4 heterocycles. The van der Waals surface area contributed by atoms with Crippen LogP contribution in [0.15, 0.2) is 42.9 Å². The number of ether oxygens (including phenoxy) is 1. The van der Waals surface area contributed by atoms with Gasteiger partial charge < -0.3 is 10.1 Å². The molecule has 4 rings (SSSR count). The molecule has 0 saturated heterocycles. The summed E-state index contributed by atoms with van der Waals surface area (Å²) in [5.74, 6) is 1.30. The van der Waals surface area contributed by atoms with Gasteiger partial charge in [0.25, 0.3) is 0 Å². The highest BCUT2D eigenvalue weighted by Gasteiger charge is 2.29. The molecule has 0 saturated carbocycles. The number of nitrogens with one attached hydrogen (secondary N) is 2. The molecule has 3 aromatic rings. The highest BCUT2D eigenvalue weighted by Crippen LogP contribution is 2.32. The normalized spacial score (nSPS) is 15.6. The monoisotopic (exact) mass is 405 g/mol. The van der Waals surface area contributed by atoms with Crippen LogP contribution in [0.2, 0.25) is 0 Å². The summed E-state index contributed by atoms with van der Waals surface area (Å²) >= 11 is 0. The van der Waals surface area contributed by atoms with Gasteiger partial charge in [-0.15, -0.1) is 0 Å². The number of amides is 2. The van der Waals surface area contributed by atoms with Crippen molar-refractivity contribution in [1.82, 2.24) is 19.9 Å². The van der Waals surface area contributed by atoms with Crippen molar-refractivity contribution in [3.63, 3.8) is 0 Å². The highest BCUT2D eigenvalue weighted by molar-refractivity contribution is 6.03. The van der Waals surface area contributed by atoms with E-state index in [-0.39, 0.29) is 12.1 Å². The molecule has 1 atom stereocenters. The van der Waals surface area contributed by atoms with Crippen molar-refractivity contribution < 1.29 is 9.53 Å². The average molecular weight is 405 g/mol. The molecule has 9 heteroatoms. The van der Waals surface area contributed by atoms with Gasteiger partial charge in [0.15, 0.2) is 5.82 Å². The molecule has 0 aliphatic carbocycles. The summed E-state index contributed by atoms with van der Waals surface area (Å²) in [6.45, 7) is 4.68. The number of aromatic nitrogens is 4. The zero-order chi connectivity index (χ0) is 21.1. The minimum atomic E-state index is -0.320. The van der Waals surface area contributed by atoms with Crippen molar-refractivity contribution >= 4 is 23.4 Å². The number of anilines is 3. The number of methoxy groups -OCH3 is 1. The van der Waals surface area contributed by atoms with Gasteiger partial charge in [0.1, 0.15) is 12.1 Å². The number of rotatable bonds is 3. The molecule has 0 radical (unpaired) electrons. The molecule has 2 N–H and O–H groups in total. The van der Waals surface area contributed by atoms with Gasteiger partial charge in [0.2, 0.25) is 5.88 Å². The second kappa shape index (κ2) is 8.32. The molecule has 9 nitrogen and oxygen atoms in total. The van der Waals surface area contributed by atoms with Gasteiger partial charge in [-0.2, -0.15) is 0 Å². The van der Waals surface area contributed by atoms with Crippen LogP contribution in [0.3, 0.4) is 0 Å². The summed E-state index contributed by atoms with van der Waals surface area (Å²) in [5.41, 5.74) is 3.38. The predicted molar refractivity (Wildman–Crippen MR) is 115 cm³/mol. The molecule has 30 heavy (non-hydrogen) atoms. The number of aryl methyl sites for hydroxylation is 1. The Morgan fingerprint density at radius 1 is 1.23 bits per heavy atom. The third kappa shape index (κ3) is 4.00. The second-order valence-corrected chi connectivity index (χ2v) is 7.07. The summed E-state index contributed by atoms with van der Waals surface area (Å²) < 4.78 is 5.11. The lowest BCUT2D eigenvalue weighted by Crippen LogP contribution is -2.42. The molecule has 0 aromatic carbocycles. The molecule has 0 spiro atoms. The Kier molecular flexibility index (Phi) is 5.42. The molecular weight excluding hydrogens is 382 g/mol. The van der Waals surface area contributed by atoms with Gasteiger partial charge >= 0.3 is 6.03 Å². The van der Waals surface area contributed by atoms with Crippen LogP contribution in [0, 0.1) is 6.92 Å². The lowest BCUT2D eigenvalue weighted by molar-refractivity contribution is 0.255. The van der Waals surface area contributed by atoms with Crippen LogP contribution in [0.25, 0.3) is 11.3 Å². The summed E-state index contributed by atoms with van der Waals surface area (Å²) in [6, 6.07) is 8.98. The number of pyridine rings is 2. The summed E-state index contributed by atoms with van der Waals surface area (Å²) in [5, 5.41) is 6.19. The fourth-order valence-corrected chi connectivity index (χ4v) is 3.29. The Labute approximate surface area is 174 Å². The van der Waals surface area contributed by atoms with Gasteiger partial charge in [-0.1, -0.05) is 0 Å². The van der Waals surface area contributed by atoms with E-state index in [1.165, 1.54) is 13.4 Å². The number of nitrogens with zero attached hydrogens (tertiary/aromatic N) is 5. The van der Waals surface area contributed by atoms with Crippen LogP contribution in [-0.4, -0.2) is 45.7 Å². The first-order valence-corrected chi connectivity index (χ1v) is 9.69. The molecule has 1 aliphatic rings. The molecule has 3 aromatic heterocycles. The first-order valence-electron chi connectivity index (χ1n) is 9.69. The second-order valence-electron chi connectivity index (χ2n) is 7.07. The van der Waals surface area contributed by atoms with Crippen molar-refractivity contribution in [3.8, 4) is 17.1 Å². The van der Waals surface area contributed by atoms with Crippen LogP contribution < -0.4 is 20.3 Å². The zero-order valence-electron chi connectivity index (χ0n) is 17.1. The van der Waals surface area contributed by atoms with Crippen molar-refractivity contribution in [2.45, 2.75) is 26.3 Å². The van der Waals surface area contributed by atoms with Gasteiger partial charge in [-0.05, 0) is 44.5 Å². The first kappa shape index (κ1) is 19.6. The Balaban J connectivity index is 1.69. The number of fused-ring (bicyclic) bond motifs is 1. The van der Waals surface area contributed by atoms with E-state index in [1.807, 2.05) is 38.1 Å². The van der Waals surface area contributed by atoms with E-state index >= 15 is 0 Å². The minimum Gasteiger partial charge on any atom is -0.481 e. The van der Waals surface area contributed by atoms with E-state index in [1.54, 1.807) is 17.2 Å². The zero-order valence-corrected chi connectivity index (χ0v) is 17.1. The number of carbonyl (C=O) groups excluding carboxylic acids is 1. The van der Waals surface area contributed by atoms with Crippen LogP contribution in [-0.2, 0) is 0 Å². The Hall–Kier alpha value is -3.75. The molecular formula is C21H23N7O2. The molecule has 154 valence electrons. The van der Waals surface area contributed by atoms with Crippen molar-refractivity contribution in [2.24, 2.45) is 0 Å². The third-order valence-corrected chi connectivity index (χ3v) is 4.93. The summed E-state index contributed by atoms with van der Waals surface area (Å²) in [4.78, 5) is 32.1. The van der Waals surface area contributed by atoms with E-state index < -0.39 is 0 Å². The Bertz CT molecular complexity index is 1060. The van der Waals surface area contributed by atoms with Crippen LogP contribution >= 0.6 is 0 Å². The van der Waals surface area contributed by atoms with Crippen molar-refractivity contribution in [1.29, 1.82) is 0 Å². The van der Waals surface area contributed by atoms with Gasteiger partial charge in [0, 0.05) is 36.1 Å². The van der Waals surface area contributed by atoms with Gasteiger partial charge in [0.05, 0.1) is 18.5 Å². The lowest BCUT2D eigenvalue weighted by atomic mass is 10.1. The van der Waals surface area contributed by atoms with Crippen LogP contribution in [0.5, 0.6) is 5.88 Å². The van der Waals surface area contributed by atoms with Crippen molar-refractivity contribution in [2.75, 3.05) is 29.2 Å². The first-order chi connectivity index (χ1) is 14.5. The maximum absolute atomic E-state index is 13.2. The predicted octanol–water partition coefficient (Wildman–Crippen LogP) is 3.49. The fraction of sp³-hybridized carbons (Fsp3) is 0.286. The third-order valence-electron chi connectivity index (χ3n) is 4.93. The minimum absolute atomic E-state index is 0.0682. The molecule has 2 amide bonds. The molecule has 0 unspecified atom stereocenters. The summed E-state index contributed by atoms with van der Waals surface area (Å²) in [7, 11) is 1.51. The number of urea groups is 1. The van der Waals surface area contributed by atoms with E-state index in [9.17, 15) is 4.79 Å². The average Bonchev–Trinajstić information content (AvgIpc) is 2.92. The molecule has 1 aliphatic heterocycles. The highest BCUT2D eigenvalue weighted by atomic mass is 16.5. The summed E-state index contributed by atoms with van der Waals surface area (Å²) in [6.07, 6.45) is 3.91. The number of hydrogen-bond donors (Lipinski definition) is 2. The Morgan fingerprint density at radius 2 is 2.10 bits per heavy atom. The standard InChI is InChI=1S/C21H23N7O2/c1-13-4-5-15(11-23-13)16-6-7-17-20(26-16)28(14(2)8-9-22-17)21(29)27-18-10-19(30-3)25-12-24-18/h4-7,10-12,14,22H,8-9H2,1-3H3,(H,24,25,27,29)/t14-/m1/s1. The van der Waals surface area contributed by atoms with Crippen LogP contribution in [0.4, 0.5) is 22.1 Å². The molecule has 0 bridgehead atoms. The SMILES string of the molecule is COc1cc(NC(=O)N2c3nc(-c4ccc(C)nc4)ccc3NCC[C@H]2C)ncn1. The smallest absolute Gasteiger partial charge is 0.328 e. The van der Waals surface area contributed by atoms with Gasteiger partial charge in [-0.25, -0.2) is 19.7 Å². The fourth-order valence-electron chi connectivity index (χ4n) is 3.29. The maximum Gasteiger partial charge on any atom is 0.328 e.